The van der Waals surface area contributed by atoms with Crippen LogP contribution in [0.5, 0.6) is 0 Å². The van der Waals surface area contributed by atoms with Crippen LogP contribution in [0.15, 0.2) is 224 Å². The van der Waals surface area contributed by atoms with Crippen LogP contribution in [0.25, 0.3) is 120 Å². The highest BCUT2D eigenvalue weighted by Crippen LogP contribution is 2.44. The maximum atomic E-state index is 5.32. The smallest absolute Gasteiger partial charge is 0.160 e. The van der Waals surface area contributed by atoms with Crippen molar-refractivity contribution in [1.82, 2.24) is 15.0 Å². The maximum absolute atomic E-state index is 5.32. The number of hydrogen-bond donors (Lipinski definition) is 0. The van der Waals surface area contributed by atoms with Crippen LogP contribution in [0, 0.1) is 0 Å². The van der Waals surface area contributed by atoms with Gasteiger partial charge >= 0.3 is 0 Å². The quantitative estimate of drug-likeness (QED) is 0.150. The fourth-order valence-electron chi connectivity index (χ4n) is 8.95. The first kappa shape index (κ1) is 36.8. The van der Waals surface area contributed by atoms with E-state index in [2.05, 4.69) is 218 Å². The summed E-state index contributed by atoms with van der Waals surface area (Å²) in [5, 5.41) is 6.22. The minimum Gasteiger partial charge on any atom is -0.247 e. The lowest BCUT2D eigenvalue weighted by Gasteiger charge is -2.13. The highest BCUT2D eigenvalue weighted by atomic mass is 32.1. The minimum atomic E-state index is 0.685. The Morgan fingerprint density at radius 1 is 0.286 bits per heavy atom. The Bertz CT molecular complexity index is 3570. The second-order valence-electron chi connectivity index (χ2n) is 16.0. The van der Waals surface area contributed by atoms with E-state index in [1.54, 1.807) is 0 Å². The zero-order valence-electron chi connectivity index (χ0n) is 34.1. The molecule has 0 aliphatic rings. The van der Waals surface area contributed by atoms with Crippen molar-refractivity contribution in [2.45, 2.75) is 0 Å². The van der Waals surface area contributed by atoms with Gasteiger partial charge in [0.15, 0.2) is 5.82 Å². The third-order valence-corrected chi connectivity index (χ3v) is 13.3. The van der Waals surface area contributed by atoms with E-state index >= 15 is 0 Å². The van der Waals surface area contributed by atoms with Crippen LogP contribution in [0.4, 0.5) is 0 Å². The number of fused-ring (bicyclic) bond motifs is 7. The van der Waals surface area contributed by atoms with Crippen LogP contribution in [0.2, 0.25) is 0 Å². The third kappa shape index (κ3) is 6.74. The number of nitrogens with zero attached hydrogens (tertiary/aromatic N) is 3. The molecule has 0 fully saturated rings. The van der Waals surface area contributed by atoms with Gasteiger partial charge in [0.05, 0.1) is 22.6 Å². The lowest BCUT2D eigenvalue weighted by Crippen LogP contribution is -1.96. The number of aromatic nitrogens is 3. The molecule has 0 saturated heterocycles. The van der Waals surface area contributed by atoms with Gasteiger partial charge < -0.3 is 0 Å². The molecule has 0 saturated carbocycles. The predicted octanol–water partition coefficient (Wildman–Crippen LogP) is 16.2. The normalized spacial score (nSPS) is 11.5. The summed E-state index contributed by atoms with van der Waals surface area (Å²) >= 11 is 1.87. The van der Waals surface area contributed by atoms with E-state index in [9.17, 15) is 0 Å². The zero-order valence-corrected chi connectivity index (χ0v) is 34.9. The molecule has 63 heavy (non-hydrogen) atoms. The van der Waals surface area contributed by atoms with E-state index in [0.717, 1.165) is 72.7 Å². The average Bonchev–Trinajstić information content (AvgIpc) is 3.76. The van der Waals surface area contributed by atoms with Gasteiger partial charge in [-0.15, -0.1) is 11.3 Å². The van der Waals surface area contributed by atoms with Gasteiger partial charge in [0.2, 0.25) is 0 Å². The van der Waals surface area contributed by atoms with Crippen molar-refractivity contribution >= 4 is 53.2 Å². The molecule has 3 heterocycles. The van der Waals surface area contributed by atoms with Gasteiger partial charge in [-0.3, -0.25) is 0 Å². The van der Waals surface area contributed by atoms with Crippen molar-refractivity contribution < 1.29 is 0 Å². The SMILES string of the molecule is c1ccc(-c2cccc(-c3cc(-c4ccc(-c5cccc(-c6nc7ccccc7c7c6ccc6c8ccccc8sc67)c5)cc4)nc(-c4cccc(-c5ccccc5)c4)n3)c2)cc1. The van der Waals surface area contributed by atoms with Gasteiger partial charge in [0.25, 0.3) is 0 Å². The van der Waals surface area contributed by atoms with Gasteiger partial charge in [-0.1, -0.05) is 188 Å². The van der Waals surface area contributed by atoms with Crippen molar-refractivity contribution in [3.63, 3.8) is 0 Å². The van der Waals surface area contributed by atoms with Crippen molar-refractivity contribution in [2.24, 2.45) is 0 Å². The Labute approximate surface area is 369 Å². The first-order valence-corrected chi connectivity index (χ1v) is 22.1. The molecule has 3 nitrogen and oxygen atoms in total. The summed E-state index contributed by atoms with van der Waals surface area (Å²) in [5.41, 5.74) is 14.7. The Morgan fingerprint density at radius 3 is 1.49 bits per heavy atom. The first-order chi connectivity index (χ1) is 31.2. The summed E-state index contributed by atoms with van der Waals surface area (Å²) in [5.74, 6) is 0.685. The van der Waals surface area contributed by atoms with Crippen molar-refractivity contribution in [2.75, 3.05) is 0 Å². The molecule has 3 aromatic heterocycles. The van der Waals surface area contributed by atoms with Crippen LogP contribution in [0.1, 0.15) is 0 Å². The van der Waals surface area contributed by atoms with Crippen LogP contribution in [-0.4, -0.2) is 15.0 Å². The molecule has 0 atom stereocenters. The molecular formula is C59H37N3S. The molecule has 4 heteroatoms. The molecule has 0 spiro atoms. The third-order valence-electron chi connectivity index (χ3n) is 12.1. The number of benzene rings is 9. The fraction of sp³-hybridized carbons (Fsp3) is 0. The summed E-state index contributed by atoms with van der Waals surface area (Å²) in [6, 6.07) is 79.6. The largest absolute Gasteiger partial charge is 0.247 e. The van der Waals surface area contributed by atoms with E-state index in [0.29, 0.717) is 5.82 Å². The second kappa shape index (κ2) is 15.4. The number of thiophene rings is 1. The van der Waals surface area contributed by atoms with E-state index < -0.39 is 0 Å². The molecule has 0 aliphatic carbocycles. The van der Waals surface area contributed by atoms with Crippen LogP contribution in [-0.2, 0) is 0 Å². The molecule has 0 aliphatic heterocycles. The van der Waals surface area contributed by atoms with Crippen LogP contribution in [0.3, 0.4) is 0 Å². The van der Waals surface area contributed by atoms with Crippen molar-refractivity contribution in [1.29, 1.82) is 0 Å². The first-order valence-electron chi connectivity index (χ1n) is 21.2. The molecule has 0 bridgehead atoms. The summed E-state index contributed by atoms with van der Waals surface area (Å²) in [7, 11) is 0. The Morgan fingerprint density at radius 2 is 0.778 bits per heavy atom. The monoisotopic (exact) mass is 819 g/mol. The standard InChI is InChI=1S/C59H37N3S/c1-3-14-38(15-4-1)42-18-11-21-45(34-42)54-37-53(61-59(62-54)47-23-13-20-44(36-47)39-16-5-2-6-17-39)41-30-28-40(29-31-41)43-19-12-22-46(35-43)57-51-33-32-49-48-24-8-10-27-55(48)63-58(49)56(51)50-25-7-9-26-52(50)60-57/h1-37H. The predicted molar refractivity (Wildman–Crippen MR) is 266 cm³/mol. The molecular weight excluding hydrogens is 783 g/mol. The van der Waals surface area contributed by atoms with Crippen molar-refractivity contribution in [3.05, 3.63) is 224 Å². The topological polar surface area (TPSA) is 38.7 Å². The summed E-state index contributed by atoms with van der Waals surface area (Å²) in [6.45, 7) is 0. The Kier molecular flexibility index (Phi) is 9.02. The minimum absolute atomic E-state index is 0.685. The molecule has 9 aromatic carbocycles. The van der Waals surface area contributed by atoms with Crippen LogP contribution >= 0.6 is 11.3 Å². The summed E-state index contributed by atoms with van der Waals surface area (Å²) < 4.78 is 2.61. The van der Waals surface area contributed by atoms with Gasteiger partial charge in [-0.05, 0) is 69.8 Å². The number of rotatable bonds is 7. The van der Waals surface area contributed by atoms with E-state index in [4.69, 9.17) is 15.0 Å². The number of hydrogen-bond acceptors (Lipinski definition) is 4. The summed E-state index contributed by atoms with van der Waals surface area (Å²) in [6.07, 6.45) is 0. The molecule has 12 aromatic rings. The molecule has 0 amide bonds. The summed E-state index contributed by atoms with van der Waals surface area (Å²) in [4.78, 5) is 15.8. The molecule has 0 unspecified atom stereocenters. The highest BCUT2D eigenvalue weighted by Gasteiger charge is 2.17. The lowest BCUT2D eigenvalue weighted by molar-refractivity contribution is 1.18. The van der Waals surface area contributed by atoms with Gasteiger partial charge in [-0.2, -0.15) is 0 Å². The van der Waals surface area contributed by atoms with Gasteiger partial charge in [0, 0.05) is 58.6 Å². The molecule has 0 N–H and O–H groups in total. The van der Waals surface area contributed by atoms with Gasteiger partial charge in [0.1, 0.15) is 0 Å². The average molecular weight is 820 g/mol. The van der Waals surface area contributed by atoms with E-state index in [-0.39, 0.29) is 0 Å². The molecule has 12 rings (SSSR count). The van der Waals surface area contributed by atoms with Gasteiger partial charge in [-0.25, -0.2) is 15.0 Å². The van der Waals surface area contributed by atoms with Crippen LogP contribution < -0.4 is 0 Å². The lowest BCUT2D eigenvalue weighted by atomic mass is 9.95. The number of pyridine rings is 1. The molecule has 294 valence electrons. The maximum Gasteiger partial charge on any atom is 0.160 e. The Hall–Kier alpha value is -8.05. The second-order valence-corrected chi connectivity index (χ2v) is 17.0. The fourth-order valence-corrected chi connectivity index (χ4v) is 10.2. The van der Waals surface area contributed by atoms with E-state index in [1.165, 1.54) is 41.9 Å². The highest BCUT2D eigenvalue weighted by molar-refractivity contribution is 7.26. The van der Waals surface area contributed by atoms with Crippen molar-refractivity contribution in [3.8, 4) is 78.5 Å². The zero-order chi connectivity index (χ0) is 41.7. The molecule has 0 radical (unpaired) electrons. The van der Waals surface area contributed by atoms with E-state index in [1.807, 2.05) is 17.4 Å². The Balaban J connectivity index is 0.946. The number of para-hydroxylation sites is 1.